The van der Waals surface area contributed by atoms with Crippen molar-refractivity contribution in [3.63, 3.8) is 0 Å². The first-order valence-electron chi connectivity index (χ1n) is 27.7. The van der Waals surface area contributed by atoms with E-state index in [-0.39, 0.29) is 65.5 Å². The number of benzene rings is 5. The zero-order valence-corrected chi connectivity index (χ0v) is 33.6. The molecular formula is C54H41IrN4O. The van der Waals surface area contributed by atoms with Crippen LogP contribution in [0.25, 0.3) is 55.7 Å². The summed E-state index contributed by atoms with van der Waals surface area (Å²) in [5, 5.41) is 10.9. The van der Waals surface area contributed by atoms with Crippen LogP contribution in [0.2, 0.25) is 0 Å². The maximum atomic E-state index is 9.78. The number of aromatic nitrogens is 3. The standard InChI is InChI=1S/C54H41N4O.Ir/c1-36-27-51(42-11-5-3-6-12-42)57-34-45(36)24-21-40-29-39(30-41(31-40)22-25-46-35-58-52(28-37(46)2)43-13-7-4-8-14-43)20-19-38-23-26-50(56-33-38)49-18-10-17-48-47-16-9-15-44(32-55)53(47)59-54(48)49;/h3-11,13,15-17,23,26-31,33-35H,19-22,24-25H2,1-2H3;/q-3;+3/i1D3,2D3,15D,19D2,20D2,21D2,22D2,24D2,25D2;. The van der Waals surface area contributed by atoms with Crippen molar-refractivity contribution in [1.29, 1.82) is 5.26 Å². The van der Waals surface area contributed by atoms with Gasteiger partial charge >= 0.3 is 20.1 Å². The SMILES string of the molecule is [2H]c1ccc2c(oc3c(-c4ccc(C([2H])([2H])C([2H])([2H])c5cc(C([2H])([2H])C([2H])([2H])c6cnc(-c7[c-]cccc7)cc6C([2H])([2H])[2H])cc(C([2H])([2H])C([2H])([2H])c6cnc(-c7[c-]cccc7)cc6C([2H])([2H])[2H])c5)cn4)[c-]ccc32)c1C#N.[Ir+3]. The largest absolute Gasteiger partial charge is 3.00 e. The summed E-state index contributed by atoms with van der Waals surface area (Å²) in [5.74, 6) is 0. The third kappa shape index (κ3) is 8.75. The second-order valence-corrected chi connectivity index (χ2v) is 13.2. The molecule has 5 nitrogen and oxygen atoms in total. The van der Waals surface area contributed by atoms with Crippen molar-refractivity contribution in [2.24, 2.45) is 0 Å². The van der Waals surface area contributed by atoms with E-state index in [9.17, 15) is 21.7 Å². The van der Waals surface area contributed by atoms with Gasteiger partial charge in [-0.15, -0.1) is 90.0 Å². The van der Waals surface area contributed by atoms with E-state index < -0.39 is 96.4 Å². The zero-order chi connectivity index (χ0) is 56.8. The molecule has 5 aromatic carbocycles. The van der Waals surface area contributed by atoms with Crippen LogP contribution >= 0.6 is 0 Å². The fourth-order valence-corrected chi connectivity index (χ4v) is 6.37. The fourth-order valence-electron chi connectivity index (χ4n) is 6.37. The summed E-state index contributed by atoms with van der Waals surface area (Å²) in [6.07, 6.45) is -17.7. The zero-order valence-electron chi connectivity index (χ0n) is 50.2. The minimum atomic E-state index is -3.50. The van der Waals surface area contributed by atoms with Crippen molar-refractivity contribution < 1.29 is 50.6 Å². The van der Waals surface area contributed by atoms with E-state index in [4.69, 9.17) is 14.0 Å². The van der Waals surface area contributed by atoms with E-state index >= 15 is 0 Å². The van der Waals surface area contributed by atoms with Crippen LogP contribution in [0, 0.1) is 43.2 Å². The molecule has 0 unspecified atom stereocenters. The summed E-state index contributed by atoms with van der Waals surface area (Å²) >= 11 is 0. The second-order valence-electron chi connectivity index (χ2n) is 13.2. The van der Waals surface area contributed by atoms with Gasteiger partial charge in [-0.3, -0.25) is 0 Å². The molecule has 9 aromatic rings. The van der Waals surface area contributed by atoms with Gasteiger partial charge in [0.1, 0.15) is 11.7 Å². The molecule has 0 saturated carbocycles. The molecule has 9 rings (SSSR count). The number of fused-ring (bicyclic) bond motifs is 3. The second kappa shape index (κ2) is 18.2. The number of nitriles is 1. The van der Waals surface area contributed by atoms with Crippen molar-refractivity contribution in [3.05, 3.63) is 208 Å². The Morgan fingerprint density at radius 2 is 1.18 bits per heavy atom. The number of aryl methyl sites for hydroxylation is 8. The fraction of sp³-hybridized carbons (Fsp3) is 0.148. The van der Waals surface area contributed by atoms with Gasteiger partial charge in [-0.1, -0.05) is 76.7 Å². The van der Waals surface area contributed by atoms with E-state index in [1.807, 2.05) is 6.07 Å². The summed E-state index contributed by atoms with van der Waals surface area (Å²) < 4.78 is 178. The molecule has 292 valence electrons. The Hall–Kier alpha value is -6.51. The van der Waals surface area contributed by atoms with Gasteiger partial charge in [0.05, 0.1) is 12.5 Å². The Morgan fingerprint density at radius 1 is 0.600 bits per heavy atom. The van der Waals surface area contributed by atoms with Gasteiger partial charge in [0, 0.05) is 48.7 Å². The third-order valence-electron chi connectivity index (χ3n) is 9.27. The number of rotatable bonds is 12. The molecule has 0 aliphatic heterocycles. The van der Waals surface area contributed by atoms with E-state index in [2.05, 4.69) is 33.2 Å². The molecule has 0 bridgehead atoms. The molecule has 0 amide bonds. The van der Waals surface area contributed by atoms with Crippen molar-refractivity contribution in [3.8, 4) is 39.8 Å². The number of para-hydroxylation sites is 1. The normalized spacial score (nSPS) is 17.6. The summed E-state index contributed by atoms with van der Waals surface area (Å²) in [5.41, 5.74) is -4.27. The van der Waals surface area contributed by atoms with E-state index in [1.165, 1.54) is 18.2 Å². The molecule has 0 N–H and O–H groups in total. The average molecular weight is 973 g/mol. The Bertz CT molecular complexity index is 3680. The quantitative estimate of drug-likeness (QED) is 0.114. The first kappa shape index (κ1) is 23.3. The predicted octanol–water partition coefficient (Wildman–Crippen LogP) is 12.0. The Morgan fingerprint density at radius 3 is 1.73 bits per heavy atom. The monoisotopic (exact) mass is 973 g/mol. The molecule has 0 saturated heterocycles. The summed E-state index contributed by atoms with van der Waals surface area (Å²) in [6.45, 7) is -6.18. The van der Waals surface area contributed by atoms with Crippen molar-refractivity contribution in [1.82, 2.24) is 15.0 Å². The van der Waals surface area contributed by atoms with Crippen LogP contribution in [0.4, 0.5) is 0 Å². The number of pyridine rings is 3. The maximum absolute atomic E-state index is 9.78. The number of furan rings is 1. The van der Waals surface area contributed by atoms with E-state index in [1.54, 1.807) is 66.7 Å². The summed E-state index contributed by atoms with van der Waals surface area (Å²) in [4.78, 5) is 13.0. The first-order chi connectivity index (χ1) is 36.3. The van der Waals surface area contributed by atoms with Crippen LogP contribution in [0.1, 0.15) is 76.1 Å². The Kier molecular flexibility index (Phi) is 7.07. The van der Waals surface area contributed by atoms with Crippen molar-refractivity contribution in [2.45, 2.75) is 51.9 Å². The maximum Gasteiger partial charge on any atom is 3.00 e. The summed E-state index contributed by atoms with van der Waals surface area (Å²) in [6, 6.07) is 36.8. The molecule has 0 aliphatic carbocycles. The van der Waals surface area contributed by atoms with Crippen LogP contribution in [0.15, 0.2) is 144 Å². The van der Waals surface area contributed by atoms with Gasteiger partial charge in [0.2, 0.25) is 0 Å². The summed E-state index contributed by atoms with van der Waals surface area (Å²) in [7, 11) is 0. The molecule has 0 fully saturated rings. The van der Waals surface area contributed by atoms with Gasteiger partial charge in [0.25, 0.3) is 0 Å². The van der Waals surface area contributed by atoms with E-state index in [0.717, 1.165) is 42.9 Å². The number of hydrogen-bond acceptors (Lipinski definition) is 5. The molecule has 60 heavy (non-hydrogen) atoms. The molecule has 6 heteroatoms. The minimum absolute atomic E-state index is 0. The van der Waals surface area contributed by atoms with Crippen LogP contribution in [0.5, 0.6) is 0 Å². The number of nitrogens with zero attached hydrogens (tertiary/aromatic N) is 4. The number of hydrogen-bond donors (Lipinski definition) is 0. The van der Waals surface area contributed by atoms with Crippen LogP contribution in [-0.2, 0) is 58.3 Å². The Balaban J connectivity index is 0.00000822. The van der Waals surface area contributed by atoms with Gasteiger partial charge < -0.3 is 19.4 Å². The van der Waals surface area contributed by atoms with Gasteiger partial charge in [-0.25, -0.2) is 0 Å². The third-order valence-corrected chi connectivity index (χ3v) is 9.27. The van der Waals surface area contributed by atoms with Gasteiger partial charge in [-0.2, -0.15) is 5.26 Å². The molecule has 0 radical (unpaired) electrons. The average Bonchev–Trinajstić information content (AvgIpc) is 3.96. The first-order valence-corrected chi connectivity index (χ1v) is 18.2. The van der Waals surface area contributed by atoms with Crippen LogP contribution in [-0.4, -0.2) is 15.0 Å². The molecule has 0 atom stereocenters. The van der Waals surface area contributed by atoms with Crippen molar-refractivity contribution in [2.75, 3.05) is 0 Å². The van der Waals surface area contributed by atoms with Crippen LogP contribution < -0.4 is 0 Å². The Labute approximate surface area is 391 Å². The molecular weight excluding hydrogens is 913 g/mol. The van der Waals surface area contributed by atoms with Gasteiger partial charge in [-0.05, 0) is 108 Å². The van der Waals surface area contributed by atoms with Crippen LogP contribution in [0.3, 0.4) is 0 Å². The predicted molar refractivity (Wildman–Crippen MR) is 236 cm³/mol. The van der Waals surface area contributed by atoms with Gasteiger partial charge in [0.15, 0.2) is 0 Å². The van der Waals surface area contributed by atoms with Crippen molar-refractivity contribution >= 4 is 21.9 Å². The molecule has 4 aromatic heterocycles. The molecule has 4 heterocycles. The smallest absolute Gasteiger partial charge is 0.499 e. The molecule has 0 aliphatic rings. The molecule has 0 spiro atoms. The van der Waals surface area contributed by atoms with E-state index in [0.29, 0.717) is 28.0 Å². The topological polar surface area (TPSA) is 75.6 Å². The minimum Gasteiger partial charge on any atom is -0.499 e.